The van der Waals surface area contributed by atoms with Crippen molar-refractivity contribution in [3.63, 3.8) is 0 Å². The van der Waals surface area contributed by atoms with Crippen LogP contribution in [-0.2, 0) is 0 Å². The lowest BCUT2D eigenvalue weighted by atomic mass is 10.4. The first-order valence-corrected chi connectivity index (χ1v) is 8.95. The number of halogens is 1. The van der Waals surface area contributed by atoms with Crippen LogP contribution in [0, 0.1) is 0 Å². The second kappa shape index (κ2) is 6.40. The molecule has 0 bridgehead atoms. The molecular formula is C10H26INSi. The summed E-state index contributed by atoms with van der Waals surface area (Å²) < 4.78 is 1.33. The van der Waals surface area contributed by atoms with Gasteiger partial charge in [-0.3, -0.25) is 0 Å². The van der Waals surface area contributed by atoms with Crippen molar-refractivity contribution in [3.8, 4) is 0 Å². The Bertz CT molecular complexity index is 119. The molecule has 1 nitrogen and oxygen atoms in total. The normalized spacial score (nSPS) is 12.5. The summed E-state index contributed by atoms with van der Waals surface area (Å²) in [6, 6.07) is 0. The predicted octanol–water partition coefficient (Wildman–Crippen LogP) is -0.256. The molecule has 13 heavy (non-hydrogen) atoms. The average molecular weight is 315 g/mol. The van der Waals surface area contributed by atoms with Gasteiger partial charge in [0.1, 0.15) is 8.07 Å². The number of rotatable bonds is 5. The average Bonchev–Trinajstić information content (AvgIpc) is 1.99. The van der Waals surface area contributed by atoms with Crippen LogP contribution in [-0.4, -0.2) is 38.4 Å². The molecule has 0 unspecified atom stereocenters. The van der Waals surface area contributed by atoms with Gasteiger partial charge >= 0.3 is 0 Å². The van der Waals surface area contributed by atoms with Crippen molar-refractivity contribution in [1.82, 2.24) is 0 Å². The standard InChI is InChI=1S/C10H26NSi.HI/c1-7-11(8-2,9-3)10-12(4,5)6;/h7-10H2,1-6H3;1H/q+1;/p-1. The lowest BCUT2D eigenvalue weighted by Crippen LogP contribution is -3.00. The van der Waals surface area contributed by atoms with Gasteiger partial charge in [-0.05, 0) is 20.8 Å². The Balaban J connectivity index is 0. The molecule has 0 aliphatic carbocycles. The van der Waals surface area contributed by atoms with Gasteiger partial charge in [0.2, 0.25) is 0 Å². The van der Waals surface area contributed by atoms with Crippen molar-refractivity contribution in [2.45, 2.75) is 40.4 Å². The molecule has 0 rings (SSSR count). The summed E-state index contributed by atoms with van der Waals surface area (Å²) in [5.74, 6) is 0. The van der Waals surface area contributed by atoms with Gasteiger partial charge in [-0.25, -0.2) is 0 Å². The number of hydrogen-bond acceptors (Lipinski definition) is 0. The third kappa shape index (κ3) is 6.07. The first kappa shape index (κ1) is 16.3. The van der Waals surface area contributed by atoms with Gasteiger partial charge in [0.05, 0.1) is 25.8 Å². The quantitative estimate of drug-likeness (QED) is 0.373. The number of hydrogen-bond donors (Lipinski definition) is 0. The van der Waals surface area contributed by atoms with Crippen LogP contribution >= 0.6 is 0 Å². The smallest absolute Gasteiger partial charge is 0.110 e. The zero-order valence-electron chi connectivity index (χ0n) is 10.2. The third-order valence-electron chi connectivity index (χ3n) is 2.82. The van der Waals surface area contributed by atoms with Gasteiger partial charge in [0.15, 0.2) is 0 Å². The summed E-state index contributed by atoms with van der Waals surface area (Å²) in [7, 11) is -0.883. The molecular weight excluding hydrogens is 289 g/mol. The first-order chi connectivity index (χ1) is 5.39. The van der Waals surface area contributed by atoms with E-state index in [1.807, 2.05) is 0 Å². The minimum absolute atomic E-state index is 0. The summed E-state index contributed by atoms with van der Waals surface area (Å²) in [4.78, 5) is 0. The molecule has 0 aliphatic heterocycles. The molecule has 0 aromatic carbocycles. The summed E-state index contributed by atoms with van der Waals surface area (Å²) in [6.07, 6.45) is 1.44. The fourth-order valence-corrected chi connectivity index (χ4v) is 4.70. The van der Waals surface area contributed by atoms with Gasteiger partial charge in [-0.1, -0.05) is 19.6 Å². The van der Waals surface area contributed by atoms with Gasteiger partial charge in [-0.2, -0.15) is 0 Å². The van der Waals surface area contributed by atoms with E-state index in [-0.39, 0.29) is 24.0 Å². The van der Waals surface area contributed by atoms with Crippen LogP contribution in [0.5, 0.6) is 0 Å². The highest BCUT2D eigenvalue weighted by molar-refractivity contribution is 6.75. The minimum atomic E-state index is -0.883. The summed E-state index contributed by atoms with van der Waals surface area (Å²) in [5.41, 5.74) is 0. The molecule has 0 saturated carbocycles. The Hall–Kier alpha value is 0.907. The zero-order chi connectivity index (χ0) is 9.83. The molecule has 0 atom stereocenters. The Morgan fingerprint density at radius 1 is 0.846 bits per heavy atom. The maximum absolute atomic E-state index is 2.47. The highest BCUT2D eigenvalue weighted by Crippen LogP contribution is 2.13. The van der Waals surface area contributed by atoms with Crippen molar-refractivity contribution < 1.29 is 28.5 Å². The number of nitrogens with zero attached hydrogens (tertiary/aromatic N) is 1. The Morgan fingerprint density at radius 2 is 1.15 bits per heavy atom. The van der Waals surface area contributed by atoms with Crippen LogP contribution in [0.25, 0.3) is 0 Å². The zero-order valence-corrected chi connectivity index (χ0v) is 13.3. The second-order valence-electron chi connectivity index (χ2n) is 5.01. The molecule has 0 aliphatic rings. The summed E-state index contributed by atoms with van der Waals surface area (Å²) in [5, 5.41) is 0. The van der Waals surface area contributed by atoms with Crippen LogP contribution in [0.3, 0.4) is 0 Å². The molecule has 82 valence electrons. The second-order valence-corrected chi connectivity index (χ2v) is 10.4. The Kier molecular flexibility index (Phi) is 8.05. The number of quaternary nitrogens is 1. The van der Waals surface area contributed by atoms with Crippen LogP contribution in [0.1, 0.15) is 20.8 Å². The lowest BCUT2D eigenvalue weighted by Gasteiger charge is -2.40. The highest BCUT2D eigenvalue weighted by Gasteiger charge is 2.29. The van der Waals surface area contributed by atoms with E-state index in [9.17, 15) is 0 Å². The van der Waals surface area contributed by atoms with E-state index in [1.165, 1.54) is 30.3 Å². The fraction of sp³-hybridized carbons (Fsp3) is 1.00. The van der Waals surface area contributed by atoms with E-state index in [0.29, 0.717) is 0 Å². The van der Waals surface area contributed by atoms with Crippen molar-refractivity contribution >= 4 is 8.07 Å². The fourth-order valence-electron chi connectivity index (χ4n) is 2.01. The third-order valence-corrected chi connectivity index (χ3v) is 4.44. The molecule has 0 fully saturated rings. The van der Waals surface area contributed by atoms with Crippen LogP contribution < -0.4 is 24.0 Å². The minimum Gasteiger partial charge on any atom is -1.00 e. The van der Waals surface area contributed by atoms with Crippen molar-refractivity contribution in [1.29, 1.82) is 0 Å². The van der Waals surface area contributed by atoms with Crippen molar-refractivity contribution in [3.05, 3.63) is 0 Å². The van der Waals surface area contributed by atoms with E-state index < -0.39 is 8.07 Å². The van der Waals surface area contributed by atoms with E-state index >= 15 is 0 Å². The van der Waals surface area contributed by atoms with Gasteiger partial charge in [0, 0.05) is 0 Å². The summed E-state index contributed by atoms with van der Waals surface area (Å²) in [6.45, 7) is 18.3. The van der Waals surface area contributed by atoms with Gasteiger partial charge in [-0.15, -0.1) is 0 Å². The topological polar surface area (TPSA) is 0 Å². The van der Waals surface area contributed by atoms with Gasteiger partial charge in [0.25, 0.3) is 0 Å². The molecule has 0 N–H and O–H groups in total. The molecule has 0 heterocycles. The van der Waals surface area contributed by atoms with Crippen LogP contribution in [0.15, 0.2) is 0 Å². The van der Waals surface area contributed by atoms with E-state index in [4.69, 9.17) is 0 Å². The molecule has 0 aromatic heterocycles. The monoisotopic (exact) mass is 315 g/mol. The maximum Gasteiger partial charge on any atom is 0.110 e. The highest BCUT2D eigenvalue weighted by atomic mass is 127. The van der Waals surface area contributed by atoms with E-state index in [1.54, 1.807) is 0 Å². The maximum atomic E-state index is 2.47. The van der Waals surface area contributed by atoms with Crippen LogP contribution in [0.4, 0.5) is 0 Å². The molecule has 0 spiro atoms. The van der Waals surface area contributed by atoms with E-state index in [2.05, 4.69) is 40.4 Å². The van der Waals surface area contributed by atoms with Crippen LogP contribution in [0.2, 0.25) is 19.6 Å². The first-order valence-electron chi connectivity index (χ1n) is 5.24. The van der Waals surface area contributed by atoms with Crippen molar-refractivity contribution in [2.24, 2.45) is 0 Å². The lowest BCUT2D eigenvalue weighted by molar-refractivity contribution is -0.914. The molecule has 0 radical (unpaired) electrons. The SMILES string of the molecule is CC[N+](CC)(CC)C[Si](C)(C)C.[I-]. The largest absolute Gasteiger partial charge is 1.00 e. The van der Waals surface area contributed by atoms with E-state index in [0.717, 1.165) is 0 Å². The predicted molar refractivity (Wildman–Crippen MR) is 60.1 cm³/mol. The van der Waals surface area contributed by atoms with Gasteiger partial charge < -0.3 is 28.5 Å². The summed E-state index contributed by atoms with van der Waals surface area (Å²) >= 11 is 0. The molecule has 0 amide bonds. The van der Waals surface area contributed by atoms with Crippen molar-refractivity contribution in [2.75, 3.05) is 25.8 Å². The molecule has 0 saturated heterocycles. The Labute approximate surface area is 103 Å². The molecule has 3 heteroatoms. The Morgan fingerprint density at radius 3 is 1.23 bits per heavy atom. The molecule has 0 aromatic rings.